The number of hydrogen-bond donors (Lipinski definition) is 0. The third kappa shape index (κ3) is 2.17. The van der Waals surface area contributed by atoms with Crippen LogP contribution in [-0.4, -0.2) is 18.1 Å². The van der Waals surface area contributed by atoms with Crippen molar-refractivity contribution in [1.29, 1.82) is 0 Å². The zero-order chi connectivity index (χ0) is 11.7. The minimum atomic E-state index is 0.543. The largest absolute Gasteiger partial charge is 0.356 e. The van der Waals surface area contributed by atoms with E-state index in [1.54, 1.807) is 0 Å². The highest BCUT2D eigenvalue weighted by atomic mass is 35.5. The fourth-order valence-electron chi connectivity index (χ4n) is 2.33. The molecule has 1 aromatic heterocycles. The van der Waals surface area contributed by atoms with Crippen LogP contribution in [0, 0.1) is 18.8 Å². The molecular weight excluding hydrogens is 220 g/mol. The number of alkyl halides is 1. The summed E-state index contributed by atoms with van der Waals surface area (Å²) in [4.78, 5) is 6.93. The number of aromatic nitrogens is 1. The van der Waals surface area contributed by atoms with Crippen LogP contribution in [0.2, 0.25) is 0 Å². The monoisotopic (exact) mass is 238 g/mol. The van der Waals surface area contributed by atoms with E-state index in [9.17, 15) is 0 Å². The molecule has 0 radical (unpaired) electrons. The van der Waals surface area contributed by atoms with Gasteiger partial charge in [0.1, 0.15) is 5.82 Å². The molecular formula is C13H19ClN2. The minimum Gasteiger partial charge on any atom is -0.356 e. The smallest absolute Gasteiger partial charge is 0.131 e. The molecule has 0 aromatic carbocycles. The Morgan fingerprint density at radius 1 is 1.38 bits per heavy atom. The van der Waals surface area contributed by atoms with E-state index in [2.05, 4.69) is 36.7 Å². The van der Waals surface area contributed by atoms with Crippen LogP contribution >= 0.6 is 11.6 Å². The molecule has 2 atom stereocenters. The SMILES string of the molecule is Cc1cc(CCl)cnc1N1CC(C)C(C)C1. The first-order valence-corrected chi connectivity index (χ1v) is 6.41. The molecule has 0 amide bonds. The number of pyridine rings is 1. The van der Waals surface area contributed by atoms with Crippen molar-refractivity contribution in [3.8, 4) is 0 Å². The van der Waals surface area contributed by atoms with Gasteiger partial charge in [-0.05, 0) is 36.0 Å². The average molecular weight is 239 g/mol. The first-order chi connectivity index (χ1) is 7.61. The maximum atomic E-state index is 5.80. The summed E-state index contributed by atoms with van der Waals surface area (Å²) in [5, 5.41) is 0. The third-order valence-corrected chi connectivity index (χ3v) is 3.86. The molecule has 0 N–H and O–H groups in total. The van der Waals surface area contributed by atoms with E-state index in [1.165, 1.54) is 5.56 Å². The summed E-state index contributed by atoms with van der Waals surface area (Å²) in [6.07, 6.45) is 1.89. The zero-order valence-corrected chi connectivity index (χ0v) is 11.0. The lowest BCUT2D eigenvalue weighted by Crippen LogP contribution is -2.21. The second-order valence-electron chi connectivity index (χ2n) is 4.98. The van der Waals surface area contributed by atoms with Gasteiger partial charge in [-0.25, -0.2) is 4.98 Å². The maximum Gasteiger partial charge on any atom is 0.131 e. The number of anilines is 1. The van der Waals surface area contributed by atoms with Gasteiger partial charge in [-0.1, -0.05) is 13.8 Å². The highest BCUT2D eigenvalue weighted by molar-refractivity contribution is 6.17. The van der Waals surface area contributed by atoms with Crippen LogP contribution in [0.25, 0.3) is 0 Å². The van der Waals surface area contributed by atoms with E-state index in [4.69, 9.17) is 11.6 Å². The topological polar surface area (TPSA) is 16.1 Å². The number of rotatable bonds is 2. The van der Waals surface area contributed by atoms with Gasteiger partial charge in [-0.2, -0.15) is 0 Å². The van der Waals surface area contributed by atoms with E-state index in [1.807, 2.05) is 6.20 Å². The fourth-order valence-corrected chi connectivity index (χ4v) is 2.48. The average Bonchev–Trinajstić information content (AvgIpc) is 2.58. The Morgan fingerprint density at radius 3 is 2.50 bits per heavy atom. The summed E-state index contributed by atoms with van der Waals surface area (Å²) < 4.78 is 0. The molecule has 3 heteroatoms. The summed E-state index contributed by atoms with van der Waals surface area (Å²) in [7, 11) is 0. The molecule has 0 aliphatic carbocycles. The molecule has 16 heavy (non-hydrogen) atoms. The highest BCUT2D eigenvalue weighted by Crippen LogP contribution is 2.28. The molecule has 2 rings (SSSR count). The van der Waals surface area contributed by atoms with Gasteiger partial charge in [-0.3, -0.25) is 0 Å². The van der Waals surface area contributed by atoms with Gasteiger partial charge in [-0.15, -0.1) is 11.6 Å². The predicted octanol–water partition coefficient (Wildman–Crippen LogP) is 3.22. The number of hydrogen-bond acceptors (Lipinski definition) is 2. The Labute approximate surface area is 103 Å². The Hall–Kier alpha value is -0.760. The Bertz CT molecular complexity index is 368. The predicted molar refractivity (Wildman–Crippen MR) is 69.1 cm³/mol. The number of halogens is 1. The first-order valence-electron chi connectivity index (χ1n) is 5.88. The molecule has 88 valence electrons. The number of aryl methyl sites for hydroxylation is 1. The normalized spacial score (nSPS) is 25.1. The van der Waals surface area contributed by atoms with E-state index in [0.29, 0.717) is 5.88 Å². The van der Waals surface area contributed by atoms with Crippen molar-refractivity contribution >= 4 is 17.4 Å². The van der Waals surface area contributed by atoms with Gasteiger partial charge < -0.3 is 4.90 Å². The first kappa shape index (κ1) is 11.7. The van der Waals surface area contributed by atoms with Gasteiger partial charge in [0.05, 0.1) is 0 Å². The lowest BCUT2D eigenvalue weighted by atomic mass is 10.0. The van der Waals surface area contributed by atoms with Crippen LogP contribution in [0.15, 0.2) is 12.3 Å². The molecule has 0 saturated carbocycles. The zero-order valence-electron chi connectivity index (χ0n) is 10.2. The molecule has 1 aliphatic heterocycles. The van der Waals surface area contributed by atoms with Crippen molar-refractivity contribution in [1.82, 2.24) is 4.98 Å². The van der Waals surface area contributed by atoms with E-state index in [0.717, 1.165) is 36.3 Å². The Morgan fingerprint density at radius 2 is 2.00 bits per heavy atom. The van der Waals surface area contributed by atoms with E-state index in [-0.39, 0.29) is 0 Å². The second kappa shape index (κ2) is 4.62. The Kier molecular flexibility index (Phi) is 3.38. The van der Waals surface area contributed by atoms with Crippen LogP contribution in [0.4, 0.5) is 5.82 Å². The lowest BCUT2D eigenvalue weighted by molar-refractivity contribution is 0.494. The van der Waals surface area contributed by atoms with Crippen molar-refractivity contribution in [2.24, 2.45) is 11.8 Å². The molecule has 0 spiro atoms. The molecule has 2 unspecified atom stereocenters. The van der Waals surface area contributed by atoms with E-state index < -0.39 is 0 Å². The third-order valence-electron chi connectivity index (χ3n) is 3.55. The number of nitrogens with zero attached hydrogens (tertiary/aromatic N) is 2. The lowest BCUT2D eigenvalue weighted by Gasteiger charge is -2.19. The molecule has 1 saturated heterocycles. The molecule has 2 heterocycles. The molecule has 1 fully saturated rings. The highest BCUT2D eigenvalue weighted by Gasteiger charge is 2.27. The quantitative estimate of drug-likeness (QED) is 0.736. The molecule has 0 bridgehead atoms. The second-order valence-corrected chi connectivity index (χ2v) is 5.24. The van der Waals surface area contributed by atoms with Gasteiger partial charge in [0.15, 0.2) is 0 Å². The standard InChI is InChI=1S/C13H19ClN2/c1-9-4-12(5-14)6-15-13(9)16-7-10(2)11(3)8-16/h4,6,10-11H,5,7-8H2,1-3H3. The molecule has 1 aromatic rings. The fraction of sp³-hybridized carbons (Fsp3) is 0.615. The van der Waals surface area contributed by atoms with Crippen LogP contribution in [0.1, 0.15) is 25.0 Å². The summed E-state index contributed by atoms with van der Waals surface area (Å²) >= 11 is 5.80. The van der Waals surface area contributed by atoms with Gasteiger partial charge in [0.25, 0.3) is 0 Å². The van der Waals surface area contributed by atoms with Crippen LogP contribution in [-0.2, 0) is 5.88 Å². The van der Waals surface area contributed by atoms with Crippen molar-refractivity contribution < 1.29 is 0 Å². The van der Waals surface area contributed by atoms with Gasteiger partial charge in [0, 0.05) is 25.2 Å². The van der Waals surface area contributed by atoms with Crippen LogP contribution < -0.4 is 4.90 Å². The summed E-state index contributed by atoms with van der Waals surface area (Å²) in [6.45, 7) is 8.98. The molecule has 2 nitrogen and oxygen atoms in total. The van der Waals surface area contributed by atoms with Crippen molar-refractivity contribution in [2.75, 3.05) is 18.0 Å². The van der Waals surface area contributed by atoms with Gasteiger partial charge in [0.2, 0.25) is 0 Å². The van der Waals surface area contributed by atoms with Crippen LogP contribution in [0.5, 0.6) is 0 Å². The van der Waals surface area contributed by atoms with Gasteiger partial charge >= 0.3 is 0 Å². The van der Waals surface area contributed by atoms with Crippen molar-refractivity contribution in [3.63, 3.8) is 0 Å². The minimum absolute atomic E-state index is 0.543. The summed E-state index contributed by atoms with van der Waals surface area (Å²) in [5.41, 5.74) is 2.34. The summed E-state index contributed by atoms with van der Waals surface area (Å²) in [5.74, 6) is 3.19. The Balaban J connectivity index is 2.22. The maximum absolute atomic E-state index is 5.80. The summed E-state index contributed by atoms with van der Waals surface area (Å²) in [6, 6.07) is 2.14. The van der Waals surface area contributed by atoms with Crippen LogP contribution in [0.3, 0.4) is 0 Å². The van der Waals surface area contributed by atoms with Crippen molar-refractivity contribution in [3.05, 3.63) is 23.4 Å². The molecule has 1 aliphatic rings. The van der Waals surface area contributed by atoms with Crippen molar-refractivity contribution in [2.45, 2.75) is 26.7 Å². The van der Waals surface area contributed by atoms with E-state index >= 15 is 0 Å².